The van der Waals surface area contributed by atoms with E-state index in [1.54, 1.807) is 18.2 Å². The number of primary amides is 1. The average molecular weight is 319 g/mol. The normalized spacial score (nSPS) is 20.8. The first-order valence-electron chi connectivity index (χ1n) is 6.83. The predicted molar refractivity (Wildman–Crippen MR) is 85.1 cm³/mol. The Balaban J connectivity index is 2.10. The lowest BCUT2D eigenvalue weighted by Crippen LogP contribution is -2.25. The number of hydrogen-bond acceptors (Lipinski definition) is 4. The van der Waals surface area contributed by atoms with E-state index in [0.717, 1.165) is 15.4 Å². The van der Waals surface area contributed by atoms with Gasteiger partial charge in [-0.2, -0.15) is 4.31 Å². The van der Waals surface area contributed by atoms with Crippen LogP contribution in [0.25, 0.3) is 10.8 Å². The summed E-state index contributed by atoms with van der Waals surface area (Å²) in [7, 11) is 0.151. The molecule has 3 rings (SSSR count). The maximum Gasteiger partial charge on any atom is 0.244 e. The van der Waals surface area contributed by atoms with Gasteiger partial charge in [-0.3, -0.25) is 4.79 Å². The number of rotatable bonds is 4. The maximum absolute atomic E-state index is 12.6. The summed E-state index contributed by atoms with van der Waals surface area (Å²) in [4.78, 5) is 13.3. The maximum atomic E-state index is 12.6. The molecule has 2 aromatic carbocycles. The van der Waals surface area contributed by atoms with Crippen molar-refractivity contribution in [2.24, 2.45) is 5.73 Å². The van der Waals surface area contributed by atoms with Crippen molar-refractivity contribution >= 4 is 32.4 Å². The smallest absolute Gasteiger partial charge is 0.244 e. The van der Waals surface area contributed by atoms with Gasteiger partial charge in [0.05, 0.1) is 4.90 Å². The molecule has 1 aliphatic heterocycles. The summed E-state index contributed by atoms with van der Waals surface area (Å²) in [6, 6.07) is 10.0. The minimum Gasteiger partial charge on any atom is -0.378 e. The number of carbonyl (C=O) groups excluding carboxylic acids is 1. The highest BCUT2D eigenvalue weighted by molar-refractivity contribution is 7.89. The highest BCUT2D eigenvalue weighted by Gasteiger charge is 2.48. The first-order chi connectivity index (χ1) is 10.3. The fourth-order valence-electron chi connectivity index (χ4n) is 2.49. The van der Waals surface area contributed by atoms with Crippen LogP contribution < -0.4 is 10.6 Å². The van der Waals surface area contributed by atoms with Gasteiger partial charge in [-0.1, -0.05) is 18.2 Å². The third-order valence-corrected chi connectivity index (χ3v) is 5.76. The van der Waals surface area contributed by atoms with Gasteiger partial charge in [0, 0.05) is 31.7 Å². The van der Waals surface area contributed by atoms with Crippen LogP contribution in [0, 0.1) is 0 Å². The molecule has 1 saturated heterocycles. The van der Waals surface area contributed by atoms with Gasteiger partial charge in [0.1, 0.15) is 6.04 Å². The van der Waals surface area contributed by atoms with Gasteiger partial charge in [0.15, 0.2) is 0 Å². The Morgan fingerprint density at radius 1 is 1.27 bits per heavy atom. The number of hydrogen-bond donors (Lipinski definition) is 1. The largest absolute Gasteiger partial charge is 0.378 e. The zero-order valence-electron chi connectivity index (χ0n) is 12.4. The number of anilines is 1. The standard InChI is InChI=1S/C15H17N3O3S/c1-17(2)11-6-7-12-10(8-11)4-3-5-14(12)22(20,21)18-9-13(18)15(16)19/h3-8,13H,9H2,1-2H3,(H2,16,19). The molecule has 7 heteroatoms. The zero-order chi connectivity index (χ0) is 16.1. The van der Waals surface area contributed by atoms with Crippen LogP contribution in [0.4, 0.5) is 5.69 Å². The van der Waals surface area contributed by atoms with Crippen molar-refractivity contribution < 1.29 is 13.2 Å². The van der Waals surface area contributed by atoms with Gasteiger partial charge in [0.2, 0.25) is 15.9 Å². The molecule has 0 radical (unpaired) electrons. The Bertz CT molecular complexity index is 861. The van der Waals surface area contributed by atoms with E-state index in [0.29, 0.717) is 5.39 Å². The number of amides is 1. The molecule has 1 amide bonds. The van der Waals surface area contributed by atoms with Crippen molar-refractivity contribution in [3.8, 4) is 0 Å². The summed E-state index contributed by atoms with van der Waals surface area (Å²) in [5.74, 6) is -0.612. The van der Waals surface area contributed by atoms with Crippen LogP contribution in [0.3, 0.4) is 0 Å². The van der Waals surface area contributed by atoms with E-state index in [1.807, 2.05) is 37.2 Å². The topological polar surface area (TPSA) is 83.5 Å². The minimum absolute atomic E-state index is 0.157. The summed E-state index contributed by atoms with van der Waals surface area (Å²) in [5.41, 5.74) is 6.17. The van der Waals surface area contributed by atoms with Crippen LogP contribution in [-0.2, 0) is 14.8 Å². The van der Waals surface area contributed by atoms with Gasteiger partial charge < -0.3 is 10.6 Å². The van der Waals surface area contributed by atoms with Crippen LogP contribution in [0.15, 0.2) is 41.3 Å². The van der Waals surface area contributed by atoms with Crippen molar-refractivity contribution in [1.29, 1.82) is 0 Å². The molecule has 6 nitrogen and oxygen atoms in total. The monoisotopic (exact) mass is 319 g/mol. The van der Waals surface area contributed by atoms with Crippen molar-refractivity contribution in [1.82, 2.24) is 4.31 Å². The SMILES string of the molecule is CN(C)c1ccc2c(S(=O)(=O)N3CC3C(N)=O)cccc2c1. The molecule has 0 saturated carbocycles. The summed E-state index contributed by atoms with van der Waals surface area (Å²) < 4.78 is 26.4. The average Bonchev–Trinajstić information content (AvgIpc) is 3.27. The number of nitrogens with two attached hydrogens (primary N) is 1. The van der Waals surface area contributed by atoms with Crippen molar-refractivity contribution in [3.05, 3.63) is 36.4 Å². The van der Waals surface area contributed by atoms with E-state index < -0.39 is 22.0 Å². The number of fused-ring (bicyclic) bond motifs is 1. The first-order valence-corrected chi connectivity index (χ1v) is 8.27. The molecule has 0 bridgehead atoms. The third-order valence-electron chi connectivity index (χ3n) is 3.82. The van der Waals surface area contributed by atoms with Crippen molar-refractivity contribution in [3.63, 3.8) is 0 Å². The molecule has 0 spiro atoms. The second-order valence-corrected chi connectivity index (χ2v) is 7.41. The fraction of sp³-hybridized carbons (Fsp3) is 0.267. The van der Waals surface area contributed by atoms with Crippen molar-refractivity contribution in [2.45, 2.75) is 10.9 Å². The Labute approximate surface area is 129 Å². The van der Waals surface area contributed by atoms with Gasteiger partial charge in [0.25, 0.3) is 0 Å². The van der Waals surface area contributed by atoms with Gasteiger partial charge in [-0.15, -0.1) is 0 Å². The number of carbonyl (C=O) groups is 1. The highest BCUT2D eigenvalue weighted by atomic mass is 32.2. The molecule has 1 heterocycles. The zero-order valence-corrected chi connectivity index (χ0v) is 13.2. The first kappa shape index (κ1) is 14.8. The van der Waals surface area contributed by atoms with Crippen LogP contribution >= 0.6 is 0 Å². The van der Waals surface area contributed by atoms with E-state index in [4.69, 9.17) is 5.73 Å². The van der Waals surface area contributed by atoms with Gasteiger partial charge >= 0.3 is 0 Å². The van der Waals surface area contributed by atoms with Crippen LogP contribution in [0.5, 0.6) is 0 Å². The van der Waals surface area contributed by atoms with Gasteiger partial charge in [-0.25, -0.2) is 8.42 Å². The van der Waals surface area contributed by atoms with Crippen LogP contribution in [0.2, 0.25) is 0 Å². The van der Waals surface area contributed by atoms with Crippen LogP contribution in [0.1, 0.15) is 0 Å². The Morgan fingerprint density at radius 2 is 2.00 bits per heavy atom. The minimum atomic E-state index is -3.70. The molecule has 1 aliphatic rings. The van der Waals surface area contributed by atoms with Crippen LogP contribution in [-0.4, -0.2) is 45.3 Å². The van der Waals surface area contributed by atoms with E-state index in [9.17, 15) is 13.2 Å². The molecule has 0 aliphatic carbocycles. The number of sulfonamides is 1. The summed E-state index contributed by atoms with van der Waals surface area (Å²) in [5, 5.41) is 1.48. The molecule has 2 unspecified atom stereocenters. The Hall–Kier alpha value is -2.12. The van der Waals surface area contributed by atoms with E-state index in [1.165, 1.54) is 0 Å². The second-order valence-electron chi connectivity index (χ2n) is 5.55. The van der Waals surface area contributed by atoms with E-state index in [2.05, 4.69) is 0 Å². The second kappa shape index (κ2) is 4.96. The fourth-order valence-corrected chi connectivity index (χ4v) is 4.23. The predicted octanol–water partition coefficient (Wildman–Crippen LogP) is 0.764. The highest BCUT2D eigenvalue weighted by Crippen LogP contribution is 2.33. The lowest BCUT2D eigenvalue weighted by molar-refractivity contribution is -0.117. The summed E-state index contributed by atoms with van der Waals surface area (Å²) >= 11 is 0. The molecule has 2 N–H and O–H groups in total. The van der Waals surface area contributed by atoms with E-state index in [-0.39, 0.29) is 11.4 Å². The molecular formula is C15H17N3O3S. The molecule has 116 valence electrons. The molecule has 22 heavy (non-hydrogen) atoms. The lowest BCUT2D eigenvalue weighted by Gasteiger charge is -2.14. The number of nitrogens with zero attached hydrogens (tertiary/aromatic N) is 2. The van der Waals surface area contributed by atoms with Gasteiger partial charge in [-0.05, 0) is 23.6 Å². The quantitative estimate of drug-likeness (QED) is 0.844. The van der Waals surface area contributed by atoms with E-state index >= 15 is 0 Å². The molecule has 2 atom stereocenters. The van der Waals surface area contributed by atoms with Crippen molar-refractivity contribution in [2.75, 3.05) is 25.5 Å². The summed E-state index contributed by atoms with van der Waals surface area (Å²) in [6.45, 7) is 0.157. The molecule has 1 fully saturated rings. The molecule has 2 aromatic rings. The third kappa shape index (κ3) is 2.32. The summed E-state index contributed by atoms with van der Waals surface area (Å²) in [6.07, 6.45) is 0. The molecule has 0 aromatic heterocycles. The Kier molecular flexibility index (Phi) is 3.34. The number of benzene rings is 2. The molecular weight excluding hydrogens is 302 g/mol. The lowest BCUT2D eigenvalue weighted by atomic mass is 10.1. The Morgan fingerprint density at radius 3 is 2.59 bits per heavy atom.